The lowest BCUT2D eigenvalue weighted by Crippen LogP contribution is -2.62. The van der Waals surface area contributed by atoms with Crippen LogP contribution in [0.5, 0.6) is 0 Å². The number of ether oxygens (including phenoxy) is 2. The first-order valence-electron chi connectivity index (χ1n) is 6.36. The van der Waals surface area contributed by atoms with Crippen molar-refractivity contribution in [1.82, 2.24) is 10.3 Å². The van der Waals surface area contributed by atoms with Crippen molar-refractivity contribution in [3.63, 3.8) is 0 Å². The Balaban J connectivity index is 1.66. The van der Waals surface area contributed by atoms with Gasteiger partial charge in [-0.2, -0.15) is 0 Å². The third-order valence-electron chi connectivity index (χ3n) is 4.03. The summed E-state index contributed by atoms with van der Waals surface area (Å²) < 4.78 is 10.9. The number of nitrogens with one attached hydrogen (secondary N) is 2. The Morgan fingerprint density at radius 1 is 1.67 bits per heavy atom. The van der Waals surface area contributed by atoms with E-state index in [1.165, 1.54) is 0 Å². The highest BCUT2D eigenvalue weighted by atomic mass is 16.5. The van der Waals surface area contributed by atoms with Crippen LogP contribution in [0.2, 0.25) is 0 Å². The Morgan fingerprint density at radius 3 is 3.28 bits per heavy atom. The van der Waals surface area contributed by atoms with E-state index in [-0.39, 0.29) is 24.0 Å². The van der Waals surface area contributed by atoms with Crippen molar-refractivity contribution in [3.05, 3.63) is 24.0 Å². The molecule has 1 amide bonds. The van der Waals surface area contributed by atoms with Crippen molar-refractivity contribution in [2.24, 2.45) is 11.8 Å². The van der Waals surface area contributed by atoms with Crippen LogP contribution in [0.1, 0.15) is 16.9 Å². The number of methoxy groups -OCH3 is 1. The van der Waals surface area contributed by atoms with E-state index in [0.717, 1.165) is 13.0 Å². The molecule has 0 aromatic carbocycles. The highest BCUT2D eigenvalue weighted by molar-refractivity contribution is 5.92. The second kappa shape index (κ2) is 4.74. The molecule has 0 bridgehead atoms. The van der Waals surface area contributed by atoms with Gasteiger partial charge in [-0.05, 0) is 18.6 Å². The van der Waals surface area contributed by atoms with Crippen LogP contribution in [0.4, 0.5) is 0 Å². The summed E-state index contributed by atoms with van der Waals surface area (Å²) in [5, 5.41) is 3.09. The Bertz CT molecular complexity index is 418. The Morgan fingerprint density at radius 2 is 2.56 bits per heavy atom. The summed E-state index contributed by atoms with van der Waals surface area (Å²) in [5.41, 5.74) is 0.605. The quantitative estimate of drug-likeness (QED) is 0.830. The summed E-state index contributed by atoms with van der Waals surface area (Å²) in [4.78, 5) is 14.9. The van der Waals surface area contributed by atoms with E-state index in [1.54, 1.807) is 19.4 Å². The first-order valence-corrected chi connectivity index (χ1v) is 6.36. The lowest BCUT2D eigenvalue weighted by atomic mass is 9.67. The normalized spacial score (nSPS) is 33.8. The molecule has 5 heteroatoms. The molecule has 0 spiro atoms. The number of carbonyl (C=O) groups excluding carboxylic acids is 1. The number of aromatic amines is 1. The zero-order valence-corrected chi connectivity index (χ0v) is 10.4. The average Bonchev–Trinajstić information content (AvgIpc) is 3.02. The van der Waals surface area contributed by atoms with Crippen molar-refractivity contribution in [3.8, 4) is 0 Å². The van der Waals surface area contributed by atoms with Crippen molar-refractivity contribution in [1.29, 1.82) is 0 Å². The monoisotopic (exact) mass is 250 g/mol. The zero-order chi connectivity index (χ0) is 12.5. The van der Waals surface area contributed by atoms with E-state index in [9.17, 15) is 4.79 Å². The van der Waals surface area contributed by atoms with Crippen LogP contribution in [-0.4, -0.2) is 43.4 Å². The molecule has 98 valence electrons. The van der Waals surface area contributed by atoms with E-state index in [2.05, 4.69) is 10.3 Å². The van der Waals surface area contributed by atoms with Crippen LogP contribution in [0, 0.1) is 11.8 Å². The van der Waals surface area contributed by atoms with Gasteiger partial charge in [0.15, 0.2) is 0 Å². The highest BCUT2D eigenvalue weighted by Crippen LogP contribution is 2.43. The summed E-state index contributed by atoms with van der Waals surface area (Å²) in [6.45, 7) is 1.43. The Labute approximate surface area is 106 Å². The first-order chi connectivity index (χ1) is 8.81. The lowest BCUT2D eigenvalue weighted by Gasteiger charge is -2.47. The number of rotatable bonds is 4. The highest BCUT2D eigenvalue weighted by Gasteiger charge is 2.54. The molecule has 0 radical (unpaired) electrons. The molecule has 2 fully saturated rings. The van der Waals surface area contributed by atoms with Crippen LogP contribution in [0.3, 0.4) is 0 Å². The van der Waals surface area contributed by atoms with Gasteiger partial charge in [0.25, 0.3) is 5.91 Å². The van der Waals surface area contributed by atoms with Gasteiger partial charge < -0.3 is 19.8 Å². The topological polar surface area (TPSA) is 63.3 Å². The average molecular weight is 250 g/mol. The largest absolute Gasteiger partial charge is 0.384 e. The third kappa shape index (κ3) is 1.83. The van der Waals surface area contributed by atoms with E-state index in [1.807, 2.05) is 6.07 Å². The van der Waals surface area contributed by atoms with Gasteiger partial charge in [0.1, 0.15) is 5.69 Å². The molecule has 18 heavy (non-hydrogen) atoms. The summed E-state index contributed by atoms with van der Waals surface area (Å²) in [5.74, 6) is 0.682. The van der Waals surface area contributed by atoms with E-state index in [4.69, 9.17) is 9.47 Å². The fourth-order valence-electron chi connectivity index (χ4n) is 3.14. The van der Waals surface area contributed by atoms with Gasteiger partial charge in [-0.1, -0.05) is 0 Å². The number of hydrogen-bond acceptors (Lipinski definition) is 3. The molecule has 2 aliphatic rings. The fourth-order valence-corrected chi connectivity index (χ4v) is 3.14. The van der Waals surface area contributed by atoms with Gasteiger partial charge in [0, 0.05) is 37.8 Å². The van der Waals surface area contributed by atoms with Crippen LogP contribution in [-0.2, 0) is 9.47 Å². The maximum atomic E-state index is 12.0. The first kappa shape index (κ1) is 11.7. The molecule has 1 aromatic heterocycles. The summed E-state index contributed by atoms with van der Waals surface area (Å²) in [6, 6.07) is 3.78. The van der Waals surface area contributed by atoms with Crippen molar-refractivity contribution in [2.45, 2.75) is 18.6 Å². The zero-order valence-electron chi connectivity index (χ0n) is 10.4. The molecule has 3 rings (SSSR count). The van der Waals surface area contributed by atoms with Crippen LogP contribution >= 0.6 is 0 Å². The second-order valence-electron chi connectivity index (χ2n) is 4.99. The van der Waals surface area contributed by atoms with Crippen LogP contribution < -0.4 is 5.32 Å². The van der Waals surface area contributed by atoms with Crippen molar-refractivity contribution in [2.75, 3.05) is 20.3 Å². The van der Waals surface area contributed by atoms with Crippen LogP contribution in [0.15, 0.2) is 18.3 Å². The Kier molecular flexibility index (Phi) is 3.09. The van der Waals surface area contributed by atoms with Gasteiger partial charge in [0.2, 0.25) is 0 Å². The lowest BCUT2D eigenvalue weighted by molar-refractivity contribution is -0.0810. The third-order valence-corrected chi connectivity index (χ3v) is 4.03. The van der Waals surface area contributed by atoms with Gasteiger partial charge in [-0.25, -0.2) is 0 Å². The molecule has 2 N–H and O–H groups in total. The van der Waals surface area contributed by atoms with Crippen LogP contribution in [0.25, 0.3) is 0 Å². The fraction of sp³-hybridized carbons (Fsp3) is 0.615. The molecular weight excluding hydrogens is 232 g/mol. The van der Waals surface area contributed by atoms with E-state index in [0.29, 0.717) is 18.2 Å². The van der Waals surface area contributed by atoms with Crippen molar-refractivity contribution < 1.29 is 14.3 Å². The summed E-state index contributed by atoms with van der Waals surface area (Å²) in [6.07, 6.45) is 3.04. The van der Waals surface area contributed by atoms with Gasteiger partial charge in [-0.3, -0.25) is 4.79 Å². The molecule has 1 saturated heterocycles. The molecule has 2 heterocycles. The number of fused-ring (bicyclic) bond motifs is 1. The number of amides is 1. The van der Waals surface area contributed by atoms with E-state index < -0.39 is 0 Å². The Hall–Kier alpha value is -1.33. The summed E-state index contributed by atoms with van der Waals surface area (Å²) >= 11 is 0. The molecule has 1 saturated carbocycles. The van der Waals surface area contributed by atoms with E-state index >= 15 is 0 Å². The number of aromatic nitrogens is 1. The molecule has 1 aliphatic heterocycles. The molecular formula is C13H18N2O3. The van der Waals surface area contributed by atoms with Gasteiger partial charge >= 0.3 is 0 Å². The number of carbonyl (C=O) groups is 1. The SMILES string of the molecule is COC[C@@H]1[C@H](NC(=O)c2ccc[nH]2)[C@@H]2CCO[C@H]12. The maximum Gasteiger partial charge on any atom is 0.267 e. The molecule has 4 atom stereocenters. The number of H-pyrrole nitrogens is 1. The molecule has 1 aromatic rings. The minimum atomic E-state index is -0.0450. The summed E-state index contributed by atoms with van der Waals surface area (Å²) in [7, 11) is 1.69. The predicted octanol–water partition coefficient (Wildman–Crippen LogP) is 0.794. The smallest absolute Gasteiger partial charge is 0.267 e. The minimum Gasteiger partial charge on any atom is -0.384 e. The van der Waals surface area contributed by atoms with Gasteiger partial charge in [-0.15, -0.1) is 0 Å². The minimum absolute atomic E-state index is 0.0450. The predicted molar refractivity (Wildman–Crippen MR) is 65.3 cm³/mol. The van der Waals surface area contributed by atoms with Crippen molar-refractivity contribution >= 4 is 5.91 Å². The molecule has 1 aliphatic carbocycles. The van der Waals surface area contributed by atoms with Gasteiger partial charge in [0.05, 0.1) is 12.7 Å². The molecule has 5 nitrogen and oxygen atoms in total. The number of hydrogen-bond donors (Lipinski definition) is 2. The maximum absolute atomic E-state index is 12.0. The second-order valence-corrected chi connectivity index (χ2v) is 4.99. The standard InChI is InChI=1S/C13H18N2O3/c1-17-7-9-11(8-4-6-18-12(8)9)15-13(16)10-3-2-5-14-10/h2-3,5,8-9,11-12,14H,4,6-7H2,1H3,(H,15,16)/t8-,9+,11+,12-/m0/s1. The molecule has 0 unspecified atom stereocenters.